The molecule has 1 aromatic heterocycles. The van der Waals surface area contributed by atoms with Crippen LogP contribution in [-0.2, 0) is 11.8 Å². The predicted octanol–water partition coefficient (Wildman–Crippen LogP) is 2.34. The lowest BCUT2D eigenvalue weighted by molar-refractivity contribution is -0.0734. The molecule has 1 fully saturated rings. The monoisotopic (exact) mass is 358 g/mol. The number of ether oxygens (including phenoxy) is 2. The fourth-order valence-electron chi connectivity index (χ4n) is 3.15. The van der Waals surface area contributed by atoms with Crippen LogP contribution in [0.1, 0.15) is 31.3 Å². The first kappa shape index (κ1) is 18.3. The van der Waals surface area contributed by atoms with Gasteiger partial charge in [-0.1, -0.05) is 12.1 Å². The number of nitrogens with one attached hydrogen (secondary N) is 1. The Kier molecular flexibility index (Phi) is 5.18. The number of morpholine rings is 1. The molecule has 1 aliphatic heterocycles. The second-order valence-corrected chi connectivity index (χ2v) is 7.08. The Bertz CT molecular complexity index is 754. The molecule has 0 bridgehead atoms. The molecule has 0 aliphatic carbocycles. The van der Waals surface area contributed by atoms with Gasteiger partial charge in [-0.3, -0.25) is 0 Å². The number of imidazole rings is 1. The predicted molar refractivity (Wildman–Crippen MR) is 98.2 cm³/mol. The van der Waals surface area contributed by atoms with Crippen molar-refractivity contribution in [1.82, 2.24) is 19.8 Å². The van der Waals surface area contributed by atoms with Crippen LogP contribution in [-0.4, -0.2) is 52.9 Å². The molecule has 26 heavy (non-hydrogen) atoms. The molecule has 1 aliphatic rings. The van der Waals surface area contributed by atoms with E-state index in [0.29, 0.717) is 19.7 Å². The van der Waals surface area contributed by atoms with E-state index in [0.717, 1.165) is 17.1 Å². The second-order valence-electron chi connectivity index (χ2n) is 7.08. The van der Waals surface area contributed by atoms with E-state index in [4.69, 9.17) is 9.47 Å². The molecule has 7 heteroatoms. The Morgan fingerprint density at radius 1 is 1.35 bits per heavy atom. The Morgan fingerprint density at radius 2 is 2.08 bits per heavy atom. The molecule has 140 valence electrons. The highest BCUT2D eigenvalue weighted by molar-refractivity contribution is 5.75. The quantitative estimate of drug-likeness (QED) is 0.911. The number of urea groups is 1. The summed E-state index contributed by atoms with van der Waals surface area (Å²) >= 11 is 0. The van der Waals surface area contributed by atoms with Gasteiger partial charge in [0.15, 0.2) is 0 Å². The number of amides is 2. The van der Waals surface area contributed by atoms with Crippen LogP contribution in [0.4, 0.5) is 4.79 Å². The lowest BCUT2D eigenvalue weighted by Gasteiger charge is -2.38. The first-order chi connectivity index (χ1) is 12.4. The van der Waals surface area contributed by atoms with E-state index in [9.17, 15) is 4.79 Å². The maximum Gasteiger partial charge on any atom is 0.318 e. The van der Waals surface area contributed by atoms with Crippen molar-refractivity contribution in [3.8, 4) is 5.75 Å². The summed E-state index contributed by atoms with van der Waals surface area (Å²) in [5.41, 5.74) is 0.606. The molecule has 2 heterocycles. The summed E-state index contributed by atoms with van der Waals surface area (Å²) in [5.74, 6) is 1.55. The minimum atomic E-state index is -0.348. The fourth-order valence-corrected chi connectivity index (χ4v) is 3.15. The van der Waals surface area contributed by atoms with Crippen molar-refractivity contribution >= 4 is 6.03 Å². The number of carbonyl (C=O) groups is 1. The third kappa shape index (κ3) is 3.99. The van der Waals surface area contributed by atoms with Crippen LogP contribution in [0.25, 0.3) is 0 Å². The van der Waals surface area contributed by atoms with Gasteiger partial charge >= 0.3 is 6.03 Å². The number of aryl methyl sites for hydroxylation is 1. The van der Waals surface area contributed by atoms with Gasteiger partial charge in [0, 0.05) is 26.0 Å². The Hall–Kier alpha value is -2.54. The SMILES string of the molecule is COc1ccc(C(NC(=O)N2CCOC(C)(C)C2)c2nccn2C)cc1. The van der Waals surface area contributed by atoms with E-state index in [-0.39, 0.29) is 17.7 Å². The van der Waals surface area contributed by atoms with Crippen LogP contribution in [0.15, 0.2) is 36.7 Å². The first-order valence-electron chi connectivity index (χ1n) is 8.70. The van der Waals surface area contributed by atoms with E-state index in [1.54, 1.807) is 18.2 Å². The molecule has 1 unspecified atom stereocenters. The minimum Gasteiger partial charge on any atom is -0.497 e. The van der Waals surface area contributed by atoms with Crippen molar-refractivity contribution in [2.24, 2.45) is 7.05 Å². The smallest absolute Gasteiger partial charge is 0.318 e. The molecular weight excluding hydrogens is 332 g/mol. The maximum absolute atomic E-state index is 12.9. The number of hydrogen-bond acceptors (Lipinski definition) is 4. The van der Waals surface area contributed by atoms with E-state index < -0.39 is 0 Å². The maximum atomic E-state index is 12.9. The largest absolute Gasteiger partial charge is 0.497 e. The van der Waals surface area contributed by atoms with Crippen molar-refractivity contribution in [3.63, 3.8) is 0 Å². The van der Waals surface area contributed by atoms with Gasteiger partial charge in [0.05, 0.1) is 25.9 Å². The Morgan fingerprint density at radius 3 is 2.65 bits per heavy atom. The highest BCUT2D eigenvalue weighted by Gasteiger charge is 2.31. The van der Waals surface area contributed by atoms with Crippen LogP contribution in [0.3, 0.4) is 0 Å². The van der Waals surface area contributed by atoms with E-state index in [1.807, 2.05) is 55.9 Å². The summed E-state index contributed by atoms with van der Waals surface area (Å²) in [6, 6.07) is 7.19. The molecule has 1 aromatic carbocycles. The average Bonchev–Trinajstić information content (AvgIpc) is 3.04. The van der Waals surface area contributed by atoms with Gasteiger partial charge < -0.3 is 24.3 Å². The van der Waals surface area contributed by atoms with E-state index >= 15 is 0 Å². The lowest BCUT2D eigenvalue weighted by atomic mass is 10.1. The van der Waals surface area contributed by atoms with Gasteiger partial charge in [-0.05, 0) is 31.5 Å². The minimum absolute atomic E-state index is 0.120. The fraction of sp³-hybridized carbons (Fsp3) is 0.474. The number of benzene rings is 1. The number of carbonyl (C=O) groups excluding carboxylic acids is 1. The average molecular weight is 358 g/mol. The summed E-state index contributed by atoms with van der Waals surface area (Å²) in [7, 11) is 3.55. The Balaban J connectivity index is 1.84. The third-order valence-corrected chi connectivity index (χ3v) is 4.55. The van der Waals surface area contributed by atoms with Crippen molar-refractivity contribution < 1.29 is 14.3 Å². The zero-order valence-corrected chi connectivity index (χ0v) is 15.7. The summed E-state index contributed by atoms with van der Waals surface area (Å²) in [4.78, 5) is 19.1. The number of methoxy groups -OCH3 is 1. The molecule has 1 N–H and O–H groups in total. The zero-order valence-electron chi connectivity index (χ0n) is 15.7. The van der Waals surface area contributed by atoms with Gasteiger partial charge in [-0.2, -0.15) is 0 Å². The van der Waals surface area contributed by atoms with Gasteiger partial charge in [0.25, 0.3) is 0 Å². The normalized spacial score (nSPS) is 17.6. The summed E-state index contributed by atoms with van der Waals surface area (Å²) in [5, 5.41) is 3.13. The second kappa shape index (κ2) is 7.37. The summed E-state index contributed by atoms with van der Waals surface area (Å²) in [6.07, 6.45) is 3.60. The van der Waals surface area contributed by atoms with E-state index in [1.165, 1.54) is 0 Å². The van der Waals surface area contributed by atoms with Crippen LogP contribution in [0.2, 0.25) is 0 Å². The number of rotatable bonds is 4. The molecule has 7 nitrogen and oxygen atoms in total. The number of nitrogens with zero attached hydrogens (tertiary/aromatic N) is 3. The summed E-state index contributed by atoms with van der Waals surface area (Å²) in [6.45, 7) is 5.65. The van der Waals surface area contributed by atoms with Gasteiger partial charge in [0.2, 0.25) is 0 Å². The third-order valence-electron chi connectivity index (χ3n) is 4.55. The van der Waals surface area contributed by atoms with Crippen LogP contribution in [0, 0.1) is 0 Å². The first-order valence-corrected chi connectivity index (χ1v) is 8.70. The molecule has 3 rings (SSSR count). The molecule has 2 aromatic rings. The van der Waals surface area contributed by atoms with E-state index in [2.05, 4.69) is 10.3 Å². The van der Waals surface area contributed by atoms with Crippen LogP contribution >= 0.6 is 0 Å². The standard InChI is InChI=1S/C19H26N4O3/c1-19(2)13-23(11-12-26-19)18(24)21-16(17-20-9-10-22(17)3)14-5-7-15(25-4)8-6-14/h5-10,16H,11-13H2,1-4H3,(H,21,24). The van der Waals surface area contributed by atoms with Gasteiger partial charge in [-0.15, -0.1) is 0 Å². The van der Waals surface area contributed by atoms with Gasteiger partial charge in [0.1, 0.15) is 17.6 Å². The topological polar surface area (TPSA) is 68.6 Å². The zero-order chi connectivity index (χ0) is 18.7. The molecule has 0 radical (unpaired) electrons. The molecule has 0 saturated carbocycles. The highest BCUT2D eigenvalue weighted by atomic mass is 16.5. The van der Waals surface area contributed by atoms with Crippen molar-refractivity contribution in [2.75, 3.05) is 26.8 Å². The van der Waals surface area contributed by atoms with Crippen molar-refractivity contribution in [1.29, 1.82) is 0 Å². The lowest BCUT2D eigenvalue weighted by Crippen LogP contribution is -2.54. The van der Waals surface area contributed by atoms with Gasteiger partial charge in [-0.25, -0.2) is 9.78 Å². The summed E-state index contributed by atoms with van der Waals surface area (Å²) < 4.78 is 12.8. The molecular formula is C19H26N4O3. The van der Waals surface area contributed by atoms with Crippen LogP contribution in [0.5, 0.6) is 5.75 Å². The van der Waals surface area contributed by atoms with Crippen molar-refractivity contribution in [2.45, 2.75) is 25.5 Å². The highest BCUT2D eigenvalue weighted by Crippen LogP contribution is 2.24. The molecule has 0 spiro atoms. The number of hydrogen-bond donors (Lipinski definition) is 1. The van der Waals surface area contributed by atoms with Crippen molar-refractivity contribution in [3.05, 3.63) is 48.0 Å². The Labute approximate surface area is 153 Å². The molecule has 2 amide bonds. The van der Waals surface area contributed by atoms with Crippen LogP contribution < -0.4 is 10.1 Å². The molecule has 1 saturated heterocycles. The molecule has 1 atom stereocenters. The number of aromatic nitrogens is 2.